The third kappa shape index (κ3) is 5.35. The summed E-state index contributed by atoms with van der Waals surface area (Å²) in [7, 11) is -3.62. The van der Waals surface area contributed by atoms with Crippen LogP contribution in [0.3, 0.4) is 0 Å². The van der Waals surface area contributed by atoms with Crippen LogP contribution in [0.25, 0.3) is 21.7 Å². The van der Waals surface area contributed by atoms with Crippen LogP contribution in [-0.4, -0.2) is 30.7 Å². The summed E-state index contributed by atoms with van der Waals surface area (Å²) in [4.78, 5) is 13.3. The van der Waals surface area contributed by atoms with Crippen molar-refractivity contribution in [1.29, 1.82) is 0 Å². The van der Waals surface area contributed by atoms with E-state index in [-0.39, 0.29) is 24.4 Å². The molecule has 6 rings (SSSR count). The molecule has 4 aromatic rings. The van der Waals surface area contributed by atoms with E-state index in [2.05, 4.69) is 5.32 Å². The lowest BCUT2D eigenvalue weighted by molar-refractivity contribution is -0.115. The first kappa shape index (κ1) is 26.1. The van der Waals surface area contributed by atoms with Gasteiger partial charge in [0.2, 0.25) is 15.9 Å². The molecular formula is C32H36N2O4S. The predicted molar refractivity (Wildman–Crippen MR) is 155 cm³/mol. The van der Waals surface area contributed by atoms with Gasteiger partial charge in [-0.25, -0.2) is 8.42 Å². The molecule has 0 spiro atoms. The highest BCUT2D eigenvalue weighted by Gasteiger charge is 2.38. The quantitative estimate of drug-likeness (QED) is 0.262. The minimum Gasteiger partial charge on any atom is -0.464 e. The summed E-state index contributed by atoms with van der Waals surface area (Å²) in [6.45, 7) is 0. The number of hydrogen-bond acceptors (Lipinski definition) is 4. The van der Waals surface area contributed by atoms with Gasteiger partial charge in [-0.1, -0.05) is 68.9 Å². The van der Waals surface area contributed by atoms with Crippen LogP contribution in [-0.2, 0) is 21.2 Å². The number of rotatable bonds is 7. The van der Waals surface area contributed by atoms with Crippen molar-refractivity contribution in [2.45, 2.75) is 87.6 Å². The van der Waals surface area contributed by atoms with Crippen LogP contribution in [0, 0.1) is 0 Å². The number of fused-ring (bicyclic) bond motifs is 3. The first-order chi connectivity index (χ1) is 19.0. The molecule has 0 bridgehead atoms. The first-order valence-electron chi connectivity index (χ1n) is 14.3. The molecule has 1 amide bonds. The van der Waals surface area contributed by atoms with Crippen molar-refractivity contribution in [1.82, 2.24) is 4.31 Å². The predicted octanol–water partition coefficient (Wildman–Crippen LogP) is 7.42. The van der Waals surface area contributed by atoms with Gasteiger partial charge in [-0.3, -0.25) is 4.79 Å². The van der Waals surface area contributed by atoms with E-state index in [1.54, 1.807) is 30.5 Å². The van der Waals surface area contributed by atoms with Gasteiger partial charge in [0.1, 0.15) is 5.58 Å². The molecule has 2 aliphatic rings. The van der Waals surface area contributed by atoms with Crippen LogP contribution in [0.15, 0.2) is 76.2 Å². The number of sulfonamides is 1. The zero-order chi connectivity index (χ0) is 26.8. The average Bonchev–Trinajstić information content (AvgIpc) is 3.37. The second kappa shape index (κ2) is 11.1. The molecule has 0 unspecified atom stereocenters. The van der Waals surface area contributed by atoms with E-state index < -0.39 is 10.0 Å². The van der Waals surface area contributed by atoms with Gasteiger partial charge in [0.15, 0.2) is 0 Å². The Morgan fingerprint density at radius 1 is 0.821 bits per heavy atom. The maximum atomic E-state index is 13.9. The highest BCUT2D eigenvalue weighted by Crippen LogP contribution is 2.35. The number of benzene rings is 3. The van der Waals surface area contributed by atoms with Gasteiger partial charge in [0.25, 0.3) is 0 Å². The molecular weight excluding hydrogens is 508 g/mol. The van der Waals surface area contributed by atoms with Crippen LogP contribution in [0.2, 0.25) is 0 Å². The summed E-state index contributed by atoms with van der Waals surface area (Å²) in [6.07, 6.45) is 12.4. The first-order valence-corrected chi connectivity index (χ1v) is 15.8. The van der Waals surface area contributed by atoms with E-state index in [4.69, 9.17) is 4.42 Å². The minimum atomic E-state index is -3.62. The zero-order valence-electron chi connectivity index (χ0n) is 22.3. The molecule has 0 radical (unpaired) electrons. The molecule has 0 atom stereocenters. The molecule has 3 aromatic carbocycles. The lowest BCUT2D eigenvalue weighted by Crippen LogP contribution is -2.48. The van der Waals surface area contributed by atoms with Crippen LogP contribution in [0.4, 0.5) is 5.69 Å². The summed E-state index contributed by atoms with van der Waals surface area (Å²) in [5.41, 5.74) is 2.17. The van der Waals surface area contributed by atoms with E-state index in [1.165, 1.54) is 12.8 Å². The number of nitrogens with zero attached hydrogens (tertiary/aromatic N) is 1. The van der Waals surface area contributed by atoms with Gasteiger partial charge in [-0.2, -0.15) is 4.31 Å². The van der Waals surface area contributed by atoms with Crippen molar-refractivity contribution < 1.29 is 17.6 Å². The smallest absolute Gasteiger partial charge is 0.243 e. The molecule has 7 heteroatoms. The summed E-state index contributed by atoms with van der Waals surface area (Å²) < 4.78 is 35.5. The Morgan fingerprint density at radius 3 is 2.13 bits per heavy atom. The van der Waals surface area contributed by atoms with E-state index in [0.717, 1.165) is 78.7 Å². The topological polar surface area (TPSA) is 79.6 Å². The Hall–Kier alpha value is -3.16. The molecule has 39 heavy (non-hydrogen) atoms. The molecule has 0 aliphatic heterocycles. The van der Waals surface area contributed by atoms with Crippen LogP contribution < -0.4 is 5.32 Å². The maximum absolute atomic E-state index is 13.9. The lowest BCUT2D eigenvalue weighted by atomic mass is 9.91. The number of furan rings is 1. The normalized spacial score (nSPS) is 17.7. The standard InChI is InChI=1S/C32H36N2O4S/c35-31(21-24-22-38-30-20-15-23-9-7-8-14-29(23)32(24)30)33-25-16-18-28(19-17-25)39(36,37)34(26-10-3-1-4-11-26)27-12-5-2-6-13-27/h7-9,14-20,22,26-27H,1-6,10-13,21H2,(H,33,35). The molecule has 2 aliphatic carbocycles. The molecule has 1 heterocycles. The van der Waals surface area contributed by atoms with Gasteiger partial charge < -0.3 is 9.73 Å². The Bertz CT molecular complexity index is 1550. The zero-order valence-corrected chi connectivity index (χ0v) is 23.1. The Labute approximate surface area is 230 Å². The fourth-order valence-electron chi connectivity index (χ4n) is 6.58. The van der Waals surface area contributed by atoms with E-state index >= 15 is 0 Å². The van der Waals surface area contributed by atoms with Crippen molar-refractivity contribution in [3.05, 3.63) is 72.5 Å². The monoisotopic (exact) mass is 544 g/mol. The number of amides is 1. The van der Waals surface area contributed by atoms with Crippen molar-refractivity contribution >= 4 is 43.4 Å². The van der Waals surface area contributed by atoms with E-state index in [1.807, 2.05) is 40.7 Å². The van der Waals surface area contributed by atoms with E-state index in [9.17, 15) is 13.2 Å². The number of carbonyl (C=O) groups excluding carboxylic acids is 1. The average molecular weight is 545 g/mol. The van der Waals surface area contributed by atoms with Gasteiger partial charge in [0, 0.05) is 28.7 Å². The highest BCUT2D eigenvalue weighted by atomic mass is 32.2. The molecule has 1 N–H and O–H groups in total. The Morgan fingerprint density at radius 2 is 1.46 bits per heavy atom. The molecule has 2 saturated carbocycles. The Balaban J connectivity index is 1.19. The second-order valence-corrected chi connectivity index (χ2v) is 12.9. The fraction of sp³-hybridized carbons (Fsp3) is 0.406. The SMILES string of the molecule is O=C(Cc1coc2ccc3ccccc3c12)Nc1ccc(S(=O)(=O)N(C2CCCCC2)C2CCCCC2)cc1. The second-order valence-electron chi connectivity index (χ2n) is 11.1. The summed E-state index contributed by atoms with van der Waals surface area (Å²) in [6, 6.07) is 18.9. The third-order valence-electron chi connectivity index (χ3n) is 8.47. The van der Waals surface area contributed by atoms with Gasteiger partial charge in [-0.05, 0) is 66.8 Å². The molecule has 0 saturated heterocycles. The van der Waals surface area contributed by atoms with Gasteiger partial charge in [0.05, 0.1) is 17.6 Å². The largest absolute Gasteiger partial charge is 0.464 e. The van der Waals surface area contributed by atoms with E-state index in [0.29, 0.717) is 10.6 Å². The molecule has 2 fully saturated rings. The summed E-state index contributed by atoms with van der Waals surface area (Å²) in [5.74, 6) is -0.174. The maximum Gasteiger partial charge on any atom is 0.243 e. The third-order valence-corrected chi connectivity index (χ3v) is 10.5. The summed E-state index contributed by atoms with van der Waals surface area (Å²) >= 11 is 0. The molecule has 6 nitrogen and oxygen atoms in total. The van der Waals surface area contributed by atoms with Gasteiger partial charge >= 0.3 is 0 Å². The lowest BCUT2D eigenvalue weighted by Gasteiger charge is -2.40. The highest BCUT2D eigenvalue weighted by molar-refractivity contribution is 7.89. The molecule has 204 valence electrons. The number of hydrogen-bond donors (Lipinski definition) is 1. The Kier molecular flexibility index (Phi) is 7.45. The number of anilines is 1. The molecule has 1 aromatic heterocycles. The van der Waals surface area contributed by atoms with Gasteiger partial charge in [-0.15, -0.1) is 0 Å². The number of carbonyl (C=O) groups is 1. The van der Waals surface area contributed by atoms with Crippen LogP contribution in [0.5, 0.6) is 0 Å². The fourth-order valence-corrected chi connectivity index (χ4v) is 8.51. The minimum absolute atomic E-state index is 0.0899. The van der Waals surface area contributed by atoms with Crippen molar-refractivity contribution in [3.8, 4) is 0 Å². The summed E-state index contributed by atoms with van der Waals surface area (Å²) in [5, 5.41) is 6.05. The van der Waals surface area contributed by atoms with Crippen molar-refractivity contribution in [2.24, 2.45) is 0 Å². The van der Waals surface area contributed by atoms with Crippen molar-refractivity contribution in [3.63, 3.8) is 0 Å². The van der Waals surface area contributed by atoms with Crippen LogP contribution >= 0.6 is 0 Å². The number of nitrogens with one attached hydrogen (secondary N) is 1. The van der Waals surface area contributed by atoms with Crippen LogP contribution in [0.1, 0.15) is 69.8 Å². The van der Waals surface area contributed by atoms with Crippen molar-refractivity contribution in [2.75, 3.05) is 5.32 Å².